The number of rotatable bonds is 7. The van der Waals surface area contributed by atoms with Gasteiger partial charge in [-0.1, -0.05) is 0 Å². The van der Waals surface area contributed by atoms with Crippen LogP contribution >= 0.6 is 0 Å². The Labute approximate surface area is 133 Å². The largest absolute Gasteiger partial charge is 0.351 e. The summed E-state index contributed by atoms with van der Waals surface area (Å²) in [5.74, 6) is -0.221. The van der Waals surface area contributed by atoms with Crippen molar-refractivity contribution in [2.75, 3.05) is 18.4 Å². The van der Waals surface area contributed by atoms with E-state index in [1.165, 1.54) is 6.92 Å². The van der Waals surface area contributed by atoms with Crippen LogP contribution in [-0.2, 0) is 4.79 Å². The maximum Gasteiger partial charge on any atom is 0.251 e. The maximum atomic E-state index is 12.1. The minimum Gasteiger partial charge on any atom is -0.351 e. The summed E-state index contributed by atoms with van der Waals surface area (Å²) in [4.78, 5) is 25.4. The standard InChI is InChI=1S/C17H27N3O2/c1-12(2)20(13(3)4)11-10-18-17(22)15-6-8-16(9-7-15)19-14(5)21/h6-9,12-13H,10-11H2,1-5H3,(H,18,22)(H,19,21). The maximum absolute atomic E-state index is 12.1. The summed E-state index contributed by atoms with van der Waals surface area (Å²) in [5, 5.41) is 5.61. The lowest BCUT2D eigenvalue weighted by Gasteiger charge is -2.30. The van der Waals surface area contributed by atoms with E-state index >= 15 is 0 Å². The van der Waals surface area contributed by atoms with Crippen LogP contribution in [0.25, 0.3) is 0 Å². The van der Waals surface area contributed by atoms with E-state index in [9.17, 15) is 9.59 Å². The molecule has 122 valence electrons. The SMILES string of the molecule is CC(=O)Nc1ccc(C(=O)NCCN(C(C)C)C(C)C)cc1. The fourth-order valence-corrected chi connectivity index (χ4v) is 2.42. The molecule has 0 aliphatic carbocycles. The molecule has 1 aromatic rings. The van der Waals surface area contributed by atoms with Gasteiger partial charge in [0, 0.05) is 43.3 Å². The van der Waals surface area contributed by atoms with Crippen molar-refractivity contribution in [2.24, 2.45) is 0 Å². The minimum atomic E-state index is -0.125. The van der Waals surface area contributed by atoms with Crippen LogP contribution in [0.4, 0.5) is 5.69 Å². The fourth-order valence-electron chi connectivity index (χ4n) is 2.42. The highest BCUT2D eigenvalue weighted by molar-refractivity contribution is 5.95. The number of carbonyl (C=O) groups excluding carboxylic acids is 2. The molecule has 0 aromatic heterocycles. The van der Waals surface area contributed by atoms with Gasteiger partial charge in [0.15, 0.2) is 0 Å². The molecule has 0 radical (unpaired) electrons. The summed E-state index contributed by atoms with van der Waals surface area (Å²) in [6, 6.07) is 7.78. The smallest absolute Gasteiger partial charge is 0.251 e. The van der Waals surface area contributed by atoms with Crippen LogP contribution in [0.2, 0.25) is 0 Å². The van der Waals surface area contributed by atoms with Crippen molar-refractivity contribution < 1.29 is 9.59 Å². The number of carbonyl (C=O) groups is 2. The van der Waals surface area contributed by atoms with E-state index in [0.717, 1.165) is 6.54 Å². The molecule has 1 rings (SSSR count). The van der Waals surface area contributed by atoms with E-state index in [2.05, 4.69) is 43.2 Å². The molecule has 0 aliphatic heterocycles. The van der Waals surface area contributed by atoms with Gasteiger partial charge in [0.1, 0.15) is 0 Å². The molecule has 0 saturated heterocycles. The average molecular weight is 305 g/mol. The molecule has 5 heteroatoms. The molecular weight excluding hydrogens is 278 g/mol. The van der Waals surface area contributed by atoms with E-state index in [-0.39, 0.29) is 11.8 Å². The lowest BCUT2D eigenvalue weighted by molar-refractivity contribution is -0.114. The number of nitrogens with zero attached hydrogens (tertiary/aromatic N) is 1. The molecule has 0 bridgehead atoms. The molecule has 2 N–H and O–H groups in total. The van der Waals surface area contributed by atoms with E-state index in [1.54, 1.807) is 24.3 Å². The second kappa shape index (κ2) is 8.54. The molecule has 0 spiro atoms. The number of hydrogen-bond donors (Lipinski definition) is 2. The van der Waals surface area contributed by atoms with Crippen LogP contribution in [0.3, 0.4) is 0 Å². The molecule has 0 fully saturated rings. The molecule has 22 heavy (non-hydrogen) atoms. The average Bonchev–Trinajstić information content (AvgIpc) is 2.42. The van der Waals surface area contributed by atoms with E-state index in [0.29, 0.717) is 29.9 Å². The molecule has 1 aromatic carbocycles. The van der Waals surface area contributed by atoms with Crippen molar-refractivity contribution in [3.8, 4) is 0 Å². The zero-order valence-corrected chi connectivity index (χ0v) is 14.1. The van der Waals surface area contributed by atoms with Crippen LogP contribution in [-0.4, -0.2) is 41.9 Å². The fraction of sp³-hybridized carbons (Fsp3) is 0.529. The van der Waals surface area contributed by atoms with Gasteiger partial charge in [0.2, 0.25) is 5.91 Å². The third-order valence-electron chi connectivity index (χ3n) is 3.45. The molecule has 0 atom stereocenters. The van der Waals surface area contributed by atoms with Crippen molar-refractivity contribution in [2.45, 2.75) is 46.7 Å². The molecule has 0 unspecified atom stereocenters. The zero-order chi connectivity index (χ0) is 16.7. The quantitative estimate of drug-likeness (QED) is 0.813. The lowest BCUT2D eigenvalue weighted by Crippen LogP contribution is -2.42. The number of anilines is 1. The monoisotopic (exact) mass is 305 g/mol. The number of amides is 2. The Morgan fingerprint density at radius 2 is 1.59 bits per heavy atom. The first kappa shape index (κ1) is 18.2. The predicted octanol–water partition coefficient (Wildman–Crippen LogP) is 2.49. The van der Waals surface area contributed by atoms with Crippen LogP contribution in [0.15, 0.2) is 24.3 Å². The summed E-state index contributed by atoms with van der Waals surface area (Å²) in [6.45, 7) is 11.5. The summed E-state index contributed by atoms with van der Waals surface area (Å²) in [6.07, 6.45) is 0. The number of hydrogen-bond acceptors (Lipinski definition) is 3. The van der Waals surface area contributed by atoms with Crippen LogP contribution in [0.1, 0.15) is 45.0 Å². The van der Waals surface area contributed by atoms with Crippen molar-refractivity contribution in [3.63, 3.8) is 0 Å². The summed E-state index contributed by atoms with van der Waals surface area (Å²) >= 11 is 0. The predicted molar refractivity (Wildman–Crippen MR) is 90.1 cm³/mol. The zero-order valence-electron chi connectivity index (χ0n) is 14.1. The molecule has 0 saturated carbocycles. The Balaban J connectivity index is 2.50. The van der Waals surface area contributed by atoms with Crippen LogP contribution in [0, 0.1) is 0 Å². The first-order valence-corrected chi connectivity index (χ1v) is 7.73. The van der Waals surface area contributed by atoms with Gasteiger partial charge in [0.25, 0.3) is 5.91 Å². The topological polar surface area (TPSA) is 61.4 Å². The second-order valence-electron chi connectivity index (χ2n) is 5.94. The van der Waals surface area contributed by atoms with Gasteiger partial charge in [-0.25, -0.2) is 0 Å². The van der Waals surface area contributed by atoms with Gasteiger partial charge < -0.3 is 10.6 Å². The van der Waals surface area contributed by atoms with Crippen molar-refractivity contribution in [3.05, 3.63) is 29.8 Å². The third kappa shape index (κ3) is 5.85. The normalized spacial score (nSPS) is 11.1. The highest BCUT2D eigenvalue weighted by atomic mass is 16.2. The number of benzene rings is 1. The van der Waals surface area contributed by atoms with E-state index < -0.39 is 0 Å². The second-order valence-corrected chi connectivity index (χ2v) is 5.94. The highest BCUT2D eigenvalue weighted by Crippen LogP contribution is 2.09. The summed E-state index contributed by atoms with van der Waals surface area (Å²) < 4.78 is 0. The lowest BCUT2D eigenvalue weighted by atomic mass is 10.2. The van der Waals surface area contributed by atoms with Crippen molar-refractivity contribution in [1.29, 1.82) is 0 Å². The molecule has 5 nitrogen and oxygen atoms in total. The number of nitrogens with one attached hydrogen (secondary N) is 2. The molecule has 2 amide bonds. The summed E-state index contributed by atoms with van der Waals surface area (Å²) in [5.41, 5.74) is 1.28. The molecular formula is C17H27N3O2. The van der Waals surface area contributed by atoms with Crippen LogP contribution in [0.5, 0.6) is 0 Å². The van der Waals surface area contributed by atoms with Gasteiger partial charge in [-0.15, -0.1) is 0 Å². The van der Waals surface area contributed by atoms with Gasteiger partial charge in [-0.2, -0.15) is 0 Å². The Morgan fingerprint density at radius 3 is 2.05 bits per heavy atom. The van der Waals surface area contributed by atoms with Gasteiger partial charge in [-0.3, -0.25) is 14.5 Å². The highest BCUT2D eigenvalue weighted by Gasteiger charge is 2.13. The Kier molecular flexibility index (Phi) is 7.05. The Hall–Kier alpha value is -1.88. The van der Waals surface area contributed by atoms with E-state index in [4.69, 9.17) is 0 Å². The first-order valence-electron chi connectivity index (χ1n) is 7.73. The van der Waals surface area contributed by atoms with Crippen LogP contribution < -0.4 is 10.6 Å². The Bertz CT molecular complexity index is 487. The van der Waals surface area contributed by atoms with Gasteiger partial charge in [-0.05, 0) is 52.0 Å². The molecule has 0 aliphatic rings. The third-order valence-corrected chi connectivity index (χ3v) is 3.45. The Morgan fingerprint density at radius 1 is 1.05 bits per heavy atom. The minimum absolute atomic E-state index is 0.0955. The summed E-state index contributed by atoms with van der Waals surface area (Å²) in [7, 11) is 0. The van der Waals surface area contributed by atoms with Gasteiger partial charge >= 0.3 is 0 Å². The first-order chi connectivity index (χ1) is 10.3. The molecule has 0 heterocycles. The van der Waals surface area contributed by atoms with Crippen molar-refractivity contribution >= 4 is 17.5 Å². The van der Waals surface area contributed by atoms with Gasteiger partial charge in [0.05, 0.1) is 0 Å². The van der Waals surface area contributed by atoms with Crippen molar-refractivity contribution in [1.82, 2.24) is 10.2 Å². The van der Waals surface area contributed by atoms with E-state index in [1.807, 2.05) is 0 Å².